The molecule has 0 bridgehead atoms. The van der Waals surface area contributed by atoms with Gasteiger partial charge in [0.2, 0.25) is 0 Å². The lowest BCUT2D eigenvalue weighted by atomic mass is 9.93. The summed E-state index contributed by atoms with van der Waals surface area (Å²) in [5.41, 5.74) is -0.563. The van der Waals surface area contributed by atoms with Crippen LogP contribution in [0.1, 0.15) is 53.4 Å². The number of esters is 1. The van der Waals surface area contributed by atoms with Crippen molar-refractivity contribution in [2.45, 2.75) is 65.0 Å². The van der Waals surface area contributed by atoms with E-state index in [1.54, 1.807) is 0 Å². The molecule has 21 heavy (non-hydrogen) atoms. The van der Waals surface area contributed by atoms with Crippen LogP contribution >= 0.6 is 0 Å². The number of methoxy groups -OCH3 is 1. The van der Waals surface area contributed by atoms with Crippen molar-refractivity contribution < 1.29 is 9.53 Å². The average molecular weight is 298 g/mol. The molecule has 124 valence electrons. The van der Waals surface area contributed by atoms with Crippen LogP contribution in [-0.2, 0) is 9.53 Å². The zero-order chi connectivity index (χ0) is 16.0. The number of carbonyl (C=O) groups is 1. The Kier molecular flexibility index (Phi) is 7.14. The van der Waals surface area contributed by atoms with E-state index in [1.807, 2.05) is 6.92 Å². The Morgan fingerprint density at radius 3 is 2.52 bits per heavy atom. The topological polar surface area (TPSA) is 41.6 Å². The minimum atomic E-state index is -0.563. The van der Waals surface area contributed by atoms with Crippen LogP contribution in [0.5, 0.6) is 0 Å². The van der Waals surface area contributed by atoms with Crippen molar-refractivity contribution in [1.82, 2.24) is 10.2 Å². The number of rotatable bonds is 10. The van der Waals surface area contributed by atoms with Gasteiger partial charge < -0.3 is 9.64 Å². The summed E-state index contributed by atoms with van der Waals surface area (Å²) in [4.78, 5) is 14.4. The Bertz CT molecular complexity index is 333. The lowest BCUT2D eigenvalue weighted by Crippen LogP contribution is -2.53. The van der Waals surface area contributed by atoms with Crippen LogP contribution in [0.4, 0.5) is 0 Å². The standard InChI is InChI=1S/C17H34N2O2/c1-13(2)18-17(4,16(20)21-6)9-7-8-10-19(5)12-15-11-14(15)3/h13-15,18H,7-12H2,1-6H3. The number of nitrogens with zero attached hydrogens (tertiary/aromatic N) is 1. The Hall–Kier alpha value is -0.610. The average Bonchev–Trinajstić information content (AvgIpc) is 3.08. The van der Waals surface area contributed by atoms with Gasteiger partial charge in [-0.25, -0.2) is 0 Å². The lowest BCUT2D eigenvalue weighted by molar-refractivity contribution is -0.148. The van der Waals surface area contributed by atoms with Crippen LogP contribution < -0.4 is 5.32 Å². The molecule has 4 nitrogen and oxygen atoms in total. The Labute approximate surface area is 130 Å². The third-order valence-electron chi connectivity index (χ3n) is 4.53. The first-order valence-electron chi connectivity index (χ1n) is 8.33. The molecule has 1 saturated carbocycles. The van der Waals surface area contributed by atoms with Crippen LogP contribution in [0, 0.1) is 11.8 Å². The van der Waals surface area contributed by atoms with Crippen molar-refractivity contribution in [3.63, 3.8) is 0 Å². The monoisotopic (exact) mass is 298 g/mol. The molecule has 0 heterocycles. The predicted octanol–water partition coefficient (Wildman–Crippen LogP) is 2.67. The molecule has 1 N–H and O–H groups in total. The van der Waals surface area contributed by atoms with Crippen LogP contribution in [0.15, 0.2) is 0 Å². The normalized spacial score (nSPS) is 24.2. The highest BCUT2D eigenvalue weighted by Gasteiger charge is 2.34. The summed E-state index contributed by atoms with van der Waals surface area (Å²) in [6, 6.07) is 0.271. The molecule has 0 saturated heterocycles. The molecule has 0 radical (unpaired) electrons. The highest BCUT2D eigenvalue weighted by Crippen LogP contribution is 2.37. The number of hydrogen-bond acceptors (Lipinski definition) is 4. The first-order chi connectivity index (χ1) is 9.78. The fourth-order valence-electron chi connectivity index (χ4n) is 3.10. The second kappa shape index (κ2) is 8.14. The predicted molar refractivity (Wildman–Crippen MR) is 87.3 cm³/mol. The molecule has 0 aromatic carbocycles. The minimum absolute atomic E-state index is 0.156. The number of carbonyl (C=O) groups excluding carboxylic acids is 1. The van der Waals surface area contributed by atoms with E-state index in [0.717, 1.165) is 37.6 Å². The molecule has 3 unspecified atom stereocenters. The molecule has 1 rings (SSSR count). The first kappa shape index (κ1) is 18.4. The molecule has 3 atom stereocenters. The second-order valence-electron chi connectivity index (χ2n) is 7.32. The van der Waals surface area contributed by atoms with Crippen LogP contribution in [0.2, 0.25) is 0 Å². The fraction of sp³-hybridized carbons (Fsp3) is 0.941. The SMILES string of the molecule is COC(=O)C(C)(CCCCN(C)CC1CC1C)NC(C)C. The van der Waals surface area contributed by atoms with Crippen molar-refractivity contribution >= 4 is 5.97 Å². The summed E-state index contributed by atoms with van der Waals surface area (Å²) in [6.07, 6.45) is 4.38. The Morgan fingerprint density at radius 2 is 2.05 bits per heavy atom. The van der Waals surface area contributed by atoms with Gasteiger partial charge in [0.25, 0.3) is 0 Å². The third kappa shape index (κ3) is 6.35. The van der Waals surface area contributed by atoms with Gasteiger partial charge in [-0.05, 0) is 71.9 Å². The van der Waals surface area contributed by atoms with Gasteiger partial charge in [0.1, 0.15) is 5.54 Å². The Balaban J connectivity index is 2.27. The summed E-state index contributed by atoms with van der Waals surface area (Å²) in [7, 11) is 3.67. The maximum absolute atomic E-state index is 12.0. The van der Waals surface area contributed by atoms with Crippen molar-refractivity contribution in [2.24, 2.45) is 11.8 Å². The number of hydrogen-bond donors (Lipinski definition) is 1. The zero-order valence-electron chi connectivity index (χ0n) is 14.7. The number of nitrogens with one attached hydrogen (secondary N) is 1. The highest BCUT2D eigenvalue weighted by atomic mass is 16.5. The van der Waals surface area contributed by atoms with Gasteiger partial charge in [0.05, 0.1) is 7.11 Å². The van der Waals surface area contributed by atoms with Gasteiger partial charge in [-0.15, -0.1) is 0 Å². The highest BCUT2D eigenvalue weighted by molar-refractivity contribution is 5.80. The Morgan fingerprint density at radius 1 is 1.43 bits per heavy atom. The van der Waals surface area contributed by atoms with E-state index in [0.29, 0.717) is 0 Å². The van der Waals surface area contributed by atoms with E-state index in [9.17, 15) is 4.79 Å². The molecule has 0 aromatic rings. The van der Waals surface area contributed by atoms with E-state index in [1.165, 1.54) is 20.1 Å². The van der Waals surface area contributed by atoms with E-state index in [4.69, 9.17) is 4.74 Å². The number of ether oxygens (including phenoxy) is 1. The number of unbranched alkanes of at least 4 members (excludes halogenated alkanes) is 1. The van der Waals surface area contributed by atoms with Crippen molar-refractivity contribution in [3.05, 3.63) is 0 Å². The minimum Gasteiger partial charge on any atom is -0.468 e. The largest absolute Gasteiger partial charge is 0.468 e. The summed E-state index contributed by atoms with van der Waals surface area (Å²) >= 11 is 0. The maximum atomic E-state index is 12.0. The van der Waals surface area contributed by atoms with Gasteiger partial charge in [0, 0.05) is 12.6 Å². The summed E-state index contributed by atoms with van der Waals surface area (Å²) in [5.74, 6) is 1.68. The van der Waals surface area contributed by atoms with Crippen molar-refractivity contribution in [2.75, 3.05) is 27.2 Å². The van der Waals surface area contributed by atoms with Gasteiger partial charge in [-0.3, -0.25) is 10.1 Å². The molecule has 4 heteroatoms. The van der Waals surface area contributed by atoms with E-state index in [2.05, 4.69) is 38.0 Å². The molecule has 0 spiro atoms. The molecular formula is C17H34N2O2. The molecular weight excluding hydrogens is 264 g/mol. The van der Waals surface area contributed by atoms with Crippen molar-refractivity contribution in [1.29, 1.82) is 0 Å². The van der Waals surface area contributed by atoms with Gasteiger partial charge >= 0.3 is 5.97 Å². The molecule has 0 aliphatic heterocycles. The van der Waals surface area contributed by atoms with E-state index >= 15 is 0 Å². The zero-order valence-corrected chi connectivity index (χ0v) is 14.7. The summed E-state index contributed by atoms with van der Waals surface area (Å²) in [5, 5.41) is 3.35. The van der Waals surface area contributed by atoms with E-state index in [-0.39, 0.29) is 12.0 Å². The van der Waals surface area contributed by atoms with Gasteiger partial charge in [0.15, 0.2) is 0 Å². The van der Waals surface area contributed by atoms with Gasteiger partial charge in [-0.1, -0.05) is 6.92 Å². The smallest absolute Gasteiger partial charge is 0.325 e. The third-order valence-corrected chi connectivity index (χ3v) is 4.53. The molecule has 0 aromatic heterocycles. The first-order valence-corrected chi connectivity index (χ1v) is 8.33. The molecule has 1 fully saturated rings. The quantitative estimate of drug-likeness (QED) is 0.497. The second-order valence-corrected chi connectivity index (χ2v) is 7.32. The van der Waals surface area contributed by atoms with Crippen LogP contribution in [0.3, 0.4) is 0 Å². The fourth-order valence-corrected chi connectivity index (χ4v) is 3.10. The summed E-state index contributed by atoms with van der Waals surface area (Å²) in [6.45, 7) is 10.7. The van der Waals surface area contributed by atoms with Crippen molar-refractivity contribution in [3.8, 4) is 0 Å². The molecule has 0 amide bonds. The molecule has 1 aliphatic carbocycles. The maximum Gasteiger partial charge on any atom is 0.325 e. The van der Waals surface area contributed by atoms with Crippen LogP contribution in [-0.4, -0.2) is 49.7 Å². The van der Waals surface area contributed by atoms with Crippen LogP contribution in [0.25, 0.3) is 0 Å². The lowest BCUT2D eigenvalue weighted by Gasteiger charge is -2.30. The van der Waals surface area contributed by atoms with E-state index < -0.39 is 5.54 Å². The van der Waals surface area contributed by atoms with Gasteiger partial charge in [-0.2, -0.15) is 0 Å². The summed E-state index contributed by atoms with van der Waals surface area (Å²) < 4.78 is 4.96. The molecule has 1 aliphatic rings.